The summed E-state index contributed by atoms with van der Waals surface area (Å²) in [5.41, 5.74) is 0.375. The zero-order valence-electron chi connectivity index (χ0n) is 20.0. The van der Waals surface area contributed by atoms with Crippen LogP contribution in [0.5, 0.6) is 0 Å². The van der Waals surface area contributed by atoms with E-state index >= 15 is 0 Å². The summed E-state index contributed by atoms with van der Waals surface area (Å²) in [6, 6.07) is 2.35. The molecule has 2 aliphatic carbocycles. The minimum absolute atomic E-state index is 0.375. The first-order valence-electron chi connectivity index (χ1n) is 12.6. The Hall–Kier alpha value is -0.0800. The largest absolute Gasteiger partial charge is 0.310 e. The van der Waals surface area contributed by atoms with Gasteiger partial charge in [-0.05, 0) is 107 Å². The van der Waals surface area contributed by atoms with Gasteiger partial charge in [0, 0.05) is 23.7 Å². The summed E-state index contributed by atoms with van der Waals surface area (Å²) >= 11 is 0. The normalized spacial score (nSPS) is 54.6. The molecule has 2 heteroatoms. The van der Waals surface area contributed by atoms with Crippen LogP contribution in [0.15, 0.2) is 0 Å². The highest BCUT2D eigenvalue weighted by atomic mass is 15.2. The van der Waals surface area contributed by atoms with E-state index in [4.69, 9.17) is 0 Å². The molecule has 1 N–H and O–H groups in total. The second-order valence-corrected chi connectivity index (χ2v) is 12.4. The smallest absolute Gasteiger partial charge is 0.0155 e. The quantitative estimate of drug-likeness (QED) is 0.609. The number of nitrogens with zero attached hydrogens (tertiary/aromatic N) is 1. The van der Waals surface area contributed by atoms with Crippen LogP contribution in [0.4, 0.5) is 0 Å². The summed E-state index contributed by atoms with van der Waals surface area (Å²) in [5.74, 6) is 7.06. The van der Waals surface area contributed by atoms with Crippen molar-refractivity contribution in [2.75, 3.05) is 7.05 Å². The van der Waals surface area contributed by atoms with Crippen molar-refractivity contribution in [3.63, 3.8) is 0 Å². The Morgan fingerprint density at radius 1 is 0.821 bits per heavy atom. The average molecular weight is 389 g/mol. The molecule has 2 saturated carbocycles. The third kappa shape index (κ3) is 3.39. The van der Waals surface area contributed by atoms with Crippen LogP contribution in [0.25, 0.3) is 0 Å². The van der Waals surface area contributed by atoms with Crippen molar-refractivity contribution in [2.24, 2.45) is 47.3 Å². The highest BCUT2D eigenvalue weighted by Gasteiger charge is 2.51. The van der Waals surface area contributed by atoms with E-state index in [-0.39, 0.29) is 0 Å². The first-order chi connectivity index (χ1) is 13.1. The molecule has 11 unspecified atom stereocenters. The Kier molecular flexibility index (Phi) is 5.71. The van der Waals surface area contributed by atoms with E-state index in [0.717, 1.165) is 65.5 Å². The summed E-state index contributed by atoms with van der Waals surface area (Å²) in [4.78, 5) is 2.74. The zero-order valence-corrected chi connectivity index (χ0v) is 20.0. The lowest BCUT2D eigenvalue weighted by molar-refractivity contribution is -0.0688. The van der Waals surface area contributed by atoms with Gasteiger partial charge in [-0.1, -0.05) is 34.6 Å². The van der Waals surface area contributed by atoms with Gasteiger partial charge in [-0.25, -0.2) is 0 Å². The maximum Gasteiger partial charge on any atom is 0.0155 e. The van der Waals surface area contributed by atoms with Gasteiger partial charge in [0.15, 0.2) is 0 Å². The molecule has 0 spiro atoms. The van der Waals surface area contributed by atoms with Crippen LogP contribution in [0.3, 0.4) is 0 Å². The Bertz CT molecular complexity index is 555. The van der Waals surface area contributed by atoms with E-state index in [9.17, 15) is 0 Å². The van der Waals surface area contributed by atoms with Crippen molar-refractivity contribution in [1.29, 1.82) is 0 Å². The number of likely N-dealkylation sites (tertiary alicyclic amines) is 1. The molecule has 28 heavy (non-hydrogen) atoms. The zero-order chi connectivity index (χ0) is 20.4. The number of rotatable bonds is 1. The topological polar surface area (TPSA) is 15.3 Å². The monoisotopic (exact) mass is 388 g/mol. The summed E-state index contributed by atoms with van der Waals surface area (Å²) < 4.78 is 0. The second-order valence-electron chi connectivity index (χ2n) is 12.4. The summed E-state index contributed by atoms with van der Waals surface area (Å²) in [6.07, 6.45) is 8.52. The van der Waals surface area contributed by atoms with Crippen LogP contribution < -0.4 is 5.32 Å². The number of hydrogen-bond acceptors (Lipinski definition) is 2. The van der Waals surface area contributed by atoms with Crippen LogP contribution in [0.1, 0.15) is 87.0 Å². The van der Waals surface area contributed by atoms with Gasteiger partial charge in [0.1, 0.15) is 0 Å². The minimum atomic E-state index is 0.375. The molecule has 162 valence electrons. The van der Waals surface area contributed by atoms with Crippen molar-refractivity contribution in [1.82, 2.24) is 10.2 Å². The van der Waals surface area contributed by atoms with Crippen LogP contribution in [0, 0.1) is 47.3 Å². The van der Waals surface area contributed by atoms with E-state index in [0.29, 0.717) is 5.54 Å². The third-order valence-corrected chi connectivity index (χ3v) is 10.7. The number of hydrogen-bond donors (Lipinski definition) is 1. The van der Waals surface area contributed by atoms with Gasteiger partial charge in [0.25, 0.3) is 0 Å². The molecule has 0 aromatic carbocycles. The molecular weight excluding hydrogens is 340 g/mol. The van der Waals surface area contributed by atoms with Crippen molar-refractivity contribution >= 4 is 0 Å². The third-order valence-electron chi connectivity index (χ3n) is 10.7. The standard InChI is InChI=1S/C26H48N2/c1-15-9-11-22-24(17(15)3)18(4)19(5)25(27-22)20-10-12-23-21(13-20)16(2)14-26(6,7)28(23)8/h15-25,27H,9-14H2,1-8H3. The van der Waals surface area contributed by atoms with Crippen LogP contribution in [0.2, 0.25) is 0 Å². The Morgan fingerprint density at radius 2 is 1.54 bits per heavy atom. The Labute approximate surface area is 175 Å². The van der Waals surface area contributed by atoms with Gasteiger partial charge < -0.3 is 5.32 Å². The van der Waals surface area contributed by atoms with E-state index in [1.165, 1.54) is 38.5 Å². The first kappa shape index (κ1) is 21.2. The molecule has 2 aliphatic heterocycles. The minimum Gasteiger partial charge on any atom is -0.310 e. The molecule has 0 aromatic rings. The molecule has 2 saturated heterocycles. The van der Waals surface area contributed by atoms with Gasteiger partial charge in [0.05, 0.1) is 0 Å². The van der Waals surface area contributed by atoms with Crippen molar-refractivity contribution in [3.05, 3.63) is 0 Å². The summed E-state index contributed by atoms with van der Waals surface area (Å²) in [6.45, 7) is 17.7. The molecular formula is C26H48N2. The number of nitrogens with one attached hydrogen (secondary N) is 1. The fraction of sp³-hybridized carbons (Fsp3) is 1.00. The average Bonchev–Trinajstić information content (AvgIpc) is 2.65. The van der Waals surface area contributed by atoms with E-state index in [2.05, 4.69) is 65.7 Å². The first-order valence-corrected chi connectivity index (χ1v) is 12.6. The number of piperidine rings is 2. The summed E-state index contributed by atoms with van der Waals surface area (Å²) in [5, 5.41) is 4.28. The molecule has 0 aromatic heterocycles. The molecule has 4 aliphatic rings. The maximum atomic E-state index is 4.28. The molecule has 0 bridgehead atoms. The Balaban J connectivity index is 1.48. The molecule has 11 atom stereocenters. The lowest BCUT2D eigenvalue weighted by Crippen LogP contribution is -2.63. The summed E-state index contributed by atoms with van der Waals surface area (Å²) in [7, 11) is 2.41. The highest BCUT2D eigenvalue weighted by molar-refractivity contribution is 5.05. The molecule has 4 rings (SSSR count). The molecule has 2 heterocycles. The van der Waals surface area contributed by atoms with Crippen molar-refractivity contribution < 1.29 is 0 Å². The fourth-order valence-electron chi connectivity index (χ4n) is 8.50. The Morgan fingerprint density at radius 3 is 2.25 bits per heavy atom. The van der Waals surface area contributed by atoms with Crippen LogP contribution in [-0.4, -0.2) is 35.6 Å². The van der Waals surface area contributed by atoms with E-state index < -0.39 is 0 Å². The fourth-order valence-corrected chi connectivity index (χ4v) is 8.50. The van der Waals surface area contributed by atoms with Crippen molar-refractivity contribution in [2.45, 2.75) is 111 Å². The predicted molar refractivity (Wildman–Crippen MR) is 120 cm³/mol. The van der Waals surface area contributed by atoms with Gasteiger partial charge in [-0.2, -0.15) is 0 Å². The van der Waals surface area contributed by atoms with Crippen LogP contribution in [-0.2, 0) is 0 Å². The second kappa shape index (κ2) is 7.56. The van der Waals surface area contributed by atoms with Gasteiger partial charge in [-0.15, -0.1) is 0 Å². The number of fused-ring (bicyclic) bond motifs is 2. The van der Waals surface area contributed by atoms with E-state index in [1.807, 2.05) is 0 Å². The lowest BCUT2D eigenvalue weighted by atomic mass is 9.57. The maximum absolute atomic E-state index is 4.28. The lowest BCUT2D eigenvalue weighted by Gasteiger charge is -2.58. The van der Waals surface area contributed by atoms with Crippen LogP contribution >= 0.6 is 0 Å². The molecule has 2 nitrogen and oxygen atoms in total. The van der Waals surface area contributed by atoms with Crippen molar-refractivity contribution in [3.8, 4) is 0 Å². The molecule has 4 fully saturated rings. The molecule has 0 amide bonds. The predicted octanol–water partition coefficient (Wildman–Crippen LogP) is 5.82. The van der Waals surface area contributed by atoms with Gasteiger partial charge in [-0.3, -0.25) is 4.90 Å². The SMILES string of the molecule is CC1CCC2NC(C3CCC4C(C3)C(C)CC(C)(C)N4C)C(C)C(C)C2C1C. The molecule has 0 radical (unpaired) electrons. The highest BCUT2D eigenvalue weighted by Crippen LogP contribution is 2.50. The van der Waals surface area contributed by atoms with E-state index in [1.54, 1.807) is 0 Å². The van der Waals surface area contributed by atoms with Gasteiger partial charge >= 0.3 is 0 Å². The van der Waals surface area contributed by atoms with Gasteiger partial charge in [0.2, 0.25) is 0 Å².